The Morgan fingerprint density at radius 2 is 2.50 bits per heavy atom. The van der Waals surface area contributed by atoms with E-state index in [9.17, 15) is 4.79 Å². The maximum atomic E-state index is 11.4. The molecule has 1 fully saturated rings. The van der Waals surface area contributed by atoms with Crippen LogP contribution in [0.15, 0.2) is 0 Å². The van der Waals surface area contributed by atoms with Crippen molar-refractivity contribution >= 4 is 23.1 Å². The van der Waals surface area contributed by atoms with Crippen LogP contribution in [-0.4, -0.2) is 30.7 Å². The minimum Gasteiger partial charge on any atom is -0.393 e. The molecule has 1 amide bonds. The number of nitrogens with two attached hydrogens (primary N) is 1. The van der Waals surface area contributed by atoms with Crippen molar-refractivity contribution in [3.63, 3.8) is 0 Å². The summed E-state index contributed by atoms with van der Waals surface area (Å²) < 4.78 is 5.20. The fraction of sp³-hybridized carbons (Fsp3) is 0.778. The summed E-state index contributed by atoms with van der Waals surface area (Å²) in [6.45, 7) is 3.90. The molecule has 1 aliphatic heterocycles. The van der Waals surface area contributed by atoms with E-state index in [0.717, 1.165) is 19.6 Å². The molecule has 1 saturated heterocycles. The van der Waals surface area contributed by atoms with Crippen molar-refractivity contribution in [1.82, 2.24) is 5.32 Å². The summed E-state index contributed by atoms with van der Waals surface area (Å²) in [6.07, 6.45) is 1.02. The second-order valence-corrected chi connectivity index (χ2v) is 4.07. The lowest BCUT2D eigenvalue weighted by Gasteiger charge is -2.13. The summed E-state index contributed by atoms with van der Waals surface area (Å²) in [5.41, 5.74) is 5.37. The van der Waals surface area contributed by atoms with Gasteiger partial charge in [0.2, 0.25) is 5.91 Å². The average molecular weight is 216 g/mol. The Labute approximate surface area is 89.2 Å². The first kappa shape index (κ1) is 11.4. The van der Waals surface area contributed by atoms with E-state index in [1.807, 2.05) is 0 Å². The summed E-state index contributed by atoms with van der Waals surface area (Å²) in [7, 11) is 0. The van der Waals surface area contributed by atoms with Gasteiger partial charge in [0.05, 0.1) is 17.5 Å². The van der Waals surface area contributed by atoms with Gasteiger partial charge in [-0.15, -0.1) is 0 Å². The molecular formula is C9H16N2O2S. The summed E-state index contributed by atoms with van der Waals surface area (Å²) in [6, 6.07) is 0. The summed E-state index contributed by atoms with van der Waals surface area (Å²) in [5, 5.41) is 2.82. The highest BCUT2D eigenvalue weighted by molar-refractivity contribution is 7.80. The van der Waals surface area contributed by atoms with Crippen LogP contribution in [0, 0.1) is 11.8 Å². The lowest BCUT2D eigenvalue weighted by molar-refractivity contribution is -0.122. The highest BCUT2D eigenvalue weighted by Crippen LogP contribution is 2.10. The van der Waals surface area contributed by atoms with Gasteiger partial charge in [-0.25, -0.2) is 0 Å². The molecule has 5 heteroatoms. The molecule has 80 valence electrons. The molecule has 3 N–H and O–H groups in total. The van der Waals surface area contributed by atoms with E-state index in [4.69, 9.17) is 22.7 Å². The highest BCUT2D eigenvalue weighted by Gasteiger charge is 2.19. The molecule has 14 heavy (non-hydrogen) atoms. The van der Waals surface area contributed by atoms with E-state index in [-0.39, 0.29) is 16.8 Å². The van der Waals surface area contributed by atoms with Crippen molar-refractivity contribution in [3.05, 3.63) is 0 Å². The fourth-order valence-electron chi connectivity index (χ4n) is 1.27. The zero-order valence-electron chi connectivity index (χ0n) is 8.29. The molecule has 2 unspecified atom stereocenters. The standard InChI is InChI=1S/C9H16N2O2S/c1-6(8(10)14)9(12)11-4-7-2-3-13-5-7/h6-7H,2-5H2,1H3,(H2,10,14)(H,11,12). The van der Waals surface area contributed by atoms with Gasteiger partial charge in [0.1, 0.15) is 0 Å². The Balaban J connectivity index is 2.23. The van der Waals surface area contributed by atoms with Gasteiger partial charge in [-0.3, -0.25) is 4.79 Å². The van der Waals surface area contributed by atoms with Crippen LogP contribution < -0.4 is 11.1 Å². The fourth-order valence-corrected chi connectivity index (χ4v) is 1.38. The van der Waals surface area contributed by atoms with Crippen molar-refractivity contribution < 1.29 is 9.53 Å². The van der Waals surface area contributed by atoms with Gasteiger partial charge in [0.15, 0.2) is 0 Å². The number of carbonyl (C=O) groups excluding carboxylic acids is 1. The van der Waals surface area contributed by atoms with Crippen molar-refractivity contribution in [2.24, 2.45) is 17.6 Å². The van der Waals surface area contributed by atoms with E-state index in [1.54, 1.807) is 6.92 Å². The predicted octanol–water partition coefficient (Wildman–Crippen LogP) is 0.0613. The monoisotopic (exact) mass is 216 g/mol. The Morgan fingerprint density at radius 1 is 1.79 bits per heavy atom. The molecule has 0 aromatic rings. The van der Waals surface area contributed by atoms with Gasteiger partial charge >= 0.3 is 0 Å². The Hall–Kier alpha value is -0.680. The molecule has 0 aromatic heterocycles. The van der Waals surface area contributed by atoms with Crippen LogP contribution in [0.4, 0.5) is 0 Å². The third-order valence-electron chi connectivity index (χ3n) is 2.41. The van der Waals surface area contributed by atoms with Crippen LogP contribution in [0.5, 0.6) is 0 Å². The SMILES string of the molecule is CC(C(=O)NCC1CCOC1)C(N)=S. The Morgan fingerprint density at radius 3 is 3.00 bits per heavy atom. The van der Waals surface area contributed by atoms with E-state index in [1.165, 1.54) is 0 Å². The number of hydrogen-bond donors (Lipinski definition) is 2. The van der Waals surface area contributed by atoms with E-state index >= 15 is 0 Å². The van der Waals surface area contributed by atoms with E-state index in [0.29, 0.717) is 12.5 Å². The first-order valence-corrected chi connectivity index (χ1v) is 5.17. The number of amides is 1. The largest absolute Gasteiger partial charge is 0.393 e. The van der Waals surface area contributed by atoms with E-state index < -0.39 is 0 Å². The van der Waals surface area contributed by atoms with Crippen molar-refractivity contribution in [1.29, 1.82) is 0 Å². The Bertz CT molecular complexity index is 227. The Kier molecular flexibility index (Phi) is 4.28. The number of carbonyl (C=O) groups is 1. The zero-order valence-corrected chi connectivity index (χ0v) is 9.10. The first-order valence-electron chi connectivity index (χ1n) is 4.76. The van der Waals surface area contributed by atoms with Gasteiger partial charge in [0.25, 0.3) is 0 Å². The summed E-state index contributed by atoms with van der Waals surface area (Å²) in [4.78, 5) is 11.7. The number of ether oxygens (including phenoxy) is 1. The summed E-state index contributed by atoms with van der Waals surface area (Å²) in [5.74, 6) is -0.0331. The molecule has 0 aromatic carbocycles. The molecule has 2 atom stereocenters. The van der Waals surface area contributed by atoms with Gasteiger partial charge in [-0.2, -0.15) is 0 Å². The van der Waals surface area contributed by atoms with E-state index in [2.05, 4.69) is 5.32 Å². The van der Waals surface area contributed by atoms with Crippen LogP contribution in [0.2, 0.25) is 0 Å². The van der Waals surface area contributed by atoms with Gasteiger partial charge < -0.3 is 15.8 Å². The van der Waals surface area contributed by atoms with Crippen LogP contribution >= 0.6 is 12.2 Å². The number of hydrogen-bond acceptors (Lipinski definition) is 3. The molecular weight excluding hydrogens is 200 g/mol. The lowest BCUT2D eigenvalue weighted by Crippen LogP contribution is -2.38. The van der Waals surface area contributed by atoms with Gasteiger partial charge in [-0.1, -0.05) is 12.2 Å². The molecule has 0 spiro atoms. The van der Waals surface area contributed by atoms with Crippen molar-refractivity contribution in [2.75, 3.05) is 19.8 Å². The maximum absolute atomic E-state index is 11.4. The average Bonchev–Trinajstić information content (AvgIpc) is 2.65. The number of rotatable bonds is 4. The molecule has 0 bridgehead atoms. The molecule has 0 saturated carbocycles. The molecule has 1 rings (SSSR count). The predicted molar refractivity (Wildman–Crippen MR) is 57.9 cm³/mol. The third-order valence-corrected chi connectivity index (χ3v) is 2.76. The second kappa shape index (κ2) is 5.26. The van der Waals surface area contributed by atoms with Gasteiger partial charge in [0, 0.05) is 19.1 Å². The van der Waals surface area contributed by atoms with Gasteiger partial charge in [-0.05, 0) is 13.3 Å². The lowest BCUT2D eigenvalue weighted by atomic mass is 10.1. The van der Waals surface area contributed by atoms with Crippen LogP contribution in [0.25, 0.3) is 0 Å². The molecule has 4 nitrogen and oxygen atoms in total. The molecule has 1 aliphatic rings. The topological polar surface area (TPSA) is 64.3 Å². The van der Waals surface area contributed by atoms with Crippen LogP contribution in [0.1, 0.15) is 13.3 Å². The molecule has 1 heterocycles. The summed E-state index contributed by atoms with van der Waals surface area (Å²) >= 11 is 4.74. The highest BCUT2D eigenvalue weighted by atomic mass is 32.1. The zero-order chi connectivity index (χ0) is 10.6. The van der Waals surface area contributed by atoms with Crippen molar-refractivity contribution in [3.8, 4) is 0 Å². The molecule has 0 radical (unpaired) electrons. The number of thiocarbonyl (C=S) groups is 1. The second-order valence-electron chi connectivity index (χ2n) is 3.60. The minimum absolute atomic E-state index is 0.0931. The van der Waals surface area contributed by atoms with Crippen LogP contribution in [0.3, 0.4) is 0 Å². The third kappa shape index (κ3) is 3.23. The van der Waals surface area contributed by atoms with Crippen molar-refractivity contribution in [2.45, 2.75) is 13.3 Å². The smallest absolute Gasteiger partial charge is 0.229 e. The van der Waals surface area contributed by atoms with Crippen LogP contribution in [-0.2, 0) is 9.53 Å². The first-order chi connectivity index (χ1) is 6.61. The normalized spacial score (nSPS) is 23.1. The quantitative estimate of drug-likeness (QED) is 0.652. The molecule has 0 aliphatic carbocycles. The number of nitrogens with one attached hydrogen (secondary N) is 1. The maximum Gasteiger partial charge on any atom is 0.229 e. The minimum atomic E-state index is -0.382.